The summed E-state index contributed by atoms with van der Waals surface area (Å²) in [6, 6.07) is -0.817. The highest BCUT2D eigenvalue weighted by Crippen LogP contribution is 2.07. The smallest absolute Gasteiger partial charge is 0.326 e. The van der Waals surface area contributed by atoms with E-state index in [2.05, 4.69) is 5.32 Å². The molecule has 16 heavy (non-hydrogen) atoms. The molecule has 0 rings (SSSR count). The molecule has 1 amide bonds. The molecule has 0 aliphatic carbocycles. The fraction of sp³-hybridized carbons (Fsp3) is 0.818. The zero-order chi connectivity index (χ0) is 12.7. The van der Waals surface area contributed by atoms with Gasteiger partial charge in [0, 0.05) is 6.42 Å². The van der Waals surface area contributed by atoms with Gasteiger partial charge in [-0.2, -0.15) is 0 Å². The number of amides is 1. The summed E-state index contributed by atoms with van der Waals surface area (Å²) in [6.07, 6.45) is 1.12. The highest BCUT2D eigenvalue weighted by atomic mass is 16.4. The Morgan fingerprint density at radius 3 is 2.25 bits per heavy atom. The van der Waals surface area contributed by atoms with Crippen molar-refractivity contribution in [1.29, 1.82) is 0 Å². The second-order valence-corrected chi connectivity index (χ2v) is 4.34. The van der Waals surface area contributed by atoms with Crippen LogP contribution in [-0.2, 0) is 9.59 Å². The fourth-order valence-corrected chi connectivity index (χ4v) is 1.40. The number of rotatable bonds is 7. The Labute approximate surface area is 96.4 Å². The van der Waals surface area contributed by atoms with Crippen molar-refractivity contribution in [2.75, 3.05) is 6.54 Å². The van der Waals surface area contributed by atoms with Crippen LogP contribution < -0.4 is 11.1 Å². The third kappa shape index (κ3) is 5.11. The molecule has 94 valence electrons. The molecule has 0 radical (unpaired) electrons. The Morgan fingerprint density at radius 1 is 1.38 bits per heavy atom. The van der Waals surface area contributed by atoms with E-state index >= 15 is 0 Å². The standard InChI is InChI=1S/C11H22N2O3/c1-4-8(6-12)5-9(14)13-10(7(2)3)11(15)16/h7-8,10H,4-6,12H2,1-3H3,(H,13,14)(H,15,16)/t8?,10-/m1/s1. The molecule has 0 aliphatic heterocycles. The minimum absolute atomic E-state index is 0.126. The van der Waals surface area contributed by atoms with E-state index in [9.17, 15) is 9.59 Å². The molecule has 0 spiro atoms. The molecule has 5 nitrogen and oxygen atoms in total. The molecule has 2 atom stereocenters. The lowest BCUT2D eigenvalue weighted by molar-refractivity contribution is -0.143. The molecule has 0 aliphatic rings. The Kier molecular flexibility index (Phi) is 6.72. The zero-order valence-corrected chi connectivity index (χ0v) is 10.2. The van der Waals surface area contributed by atoms with Crippen LogP contribution in [0.3, 0.4) is 0 Å². The van der Waals surface area contributed by atoms with E-state index in [0.717, 1.165) is 6.42 Å². The second-order valence-electron chi connectivity index (χ2n) is 4.34. The van der Waals surface area contributed by atoms with Crippen LogP contribution >= 0.6 is 0 Å². The minimum Gasteiger partial charge on any atom is -0.480 e. The average molecular weight is 230 g/mol. The van der Waals surface area contributed by atoms with Crippen molar-refractivity contribution in [3.63, 3.8) is 0 Å². The first-order chi connectivity index (χ1) is 7.42. The lowest BCUT2D eigenvalue weighted by atomic mass is 10.0. The van der Waals surface area contributed by atoms with Crippen molar-refractivity contribution in [3.05, 3.63) is 0 Å². The number of carboxylic acids is 1. The lowest BCUT2D eigenvalue weighted by Crippen LogP contribution is -2.45. The molecule has 0 heterocycles. The maximum Gasteiger partial charge on any atom is 0.326 e. The summed E-state index contributed by atoms with van der Waals surface area (Å²) in [5.41, 5.74) is 5.49. The summed E-state index contributed by atoms with van der Waals surface area (Å²) in [7, 11) is 0. The van der Waals surface area contributed by atoms with Crippen molar-refractivity contribution in [1.82, 2.24) is 5.32 Å². The van der Waals surface area contributed by atoms with Gasteiger partial charge in [0.25, 0.3) is 0 Å². The van der Waals surface area contributed by atoms with Gasteiger partial charge in [0.1, 0.15) is 6.04 Å². The molecule has 0 aromatic heterocycles. The van der Waals surface area contributed by atoms with Gasteiger partial charge in [-0.25, -0.2) is 4.79 Å². The molecule has 4 N–H and O–H groups in total. The average Bonchev–Trinajstić information content (AvgIpc) is 2.21. The predicted molar refractivity (Wildman–Crippen MR) is 61.9 cm³/mol. The van der Waals surface area contributed by atoms with E-state index in [-0.39, 0.29) is 17.7 Å². The zero-order valence-electron chi connectivity index (χ0n) is 10.2. The first-order valence-electron chi connectivity index (χ1n) is 5.64. The van der Waals surface area contributed by atoms with Crippen LogP contribution in [0, 0.1) is 11.8 Å². The first-order valence-corrected chi connectivity index (χ1v) is 5.64. The van der Waals surface area contributed by atoms with E-state index in [0.29, 0.717) is 13.0 Å². The number of aliphatic carboxylic acids is 1. The molecular weight excluding hydrogens is 208 g/mol. The van der Waals surface area contributed by atoms with Gasteiger partial charge in [-0.15, -0.1) is 0 Å². The van der Waals surface area contributed by atoms with Crippen LogP contribution in [0.1, 0.15) is 33.6 Å². The van der Waals surface area contributed by atoms with Crippen LogP contribution in [0.15, 0.2) is 0 Å². The Balaban J connectivity index is 4.25. The number of hydrogen-bond acceptors (Lipinski definition) is 3. The second kappa shape index (κ2) is 7.22. The molecule has 0 saturated carbocycles. The van der Waals surface area contributed by atoms with E-state index in [1.807, 2.05) is 6.92 Å². The minimum atomic E-state index is -0.996. The number of hydrogen-bond donors (Lipinski definition) is 3. The van der Waals surface area contributed by atoms with Gasteiger partial charge in [0.05, 0.1) is 0 Å². The monoisotopic (exact) mass is 230 g/mol. The van der Waals surface area contributed by atoms with Gasteiger partial charge < -0.3 is 16.2 Å². The van der Waals surface area contributed by atoms with Crippen molar-refractivity contribution >= 4 is 11.9 Å². The van der Waals surface area contributed by atoms with Crippen LogP contribution in [0.4, 0.5) is 0 Å². The first kappa shape index (κ1) is 14.9. The van der Waals surface area contributed by atoms with Gasteiger partial charge in [-0.1, -0.05) is 27.2 Å². The number of nitrogens with one attached hydrogen (secondary N) is 1. The van der Waals surface area contributed by atoms with Gasteiger partial charge in [0.15, 0.2) is 0 Å². The largest absolute Gasteiger partial charge is 0.480 e. The van der Waals surface area contributed by atoms with Crippen LogP contribution in [0.5, 0.6) is 0 Å². The van der Waals surface area contributed by atoms with Gasteiger partial charge >= 0.3 is 5.97 Å². The molecular formula is C11H22N2O3. The summed E-state index contributed by atoms with van der Waals surface area (Å²) in [5.74, 6) is -1.23. The fourth-order valence-electron chi connectivity index (χ4n) is 1.40. The number of carbonyl (C=O) groups is 2. The number of carbonyl (C=O) groups excluding carboxylic acids is 1. The topological polar surface area (TPSA) is 92.4 Å². The molecule has 1 unspecified atom stereocenters. The van der Waals surface area contributed by atoms with E-state index < -0.39 is 12.0 Å². The molecule has 0 bridgehead atoms. The summed E-state index contributed by atoms with van der Waals surface area (Å²) in [6.45, 7) is 5.93. The third-order valence-corrected chi connectivity index (χ3v) is 2.63. The maximum atomic E-state index is 11.6. The quantitative estimate of drug-likeness (QED) is 0.596. The maximum absolute atomic E-state index is 11.6. The predicted octanol–water partition coefficient (Wildman–Crippen LogP) is 0.587. The van der Waals surface area contributed by atoms with Crippen molar-refractivity contribution in [2.24, 2.45) is 17.6 Å². The van der Waals surface area contributed by atoms with Gasteiger partial charge in [-0.05, 0) is 18.4 Å². The molecule has 0 saturated heterocycles. The Morgan fingerprint density at radius 2 is 1.94 bits per heavy atom. The Hall–Kier alpha value is -1.10. The lowest BCUT2D eigenvalue weighted by Gasteiger charge is -2.19. The molecule has 5 heteroatoms. The number of carboxylic acid groups (broad SMARTS) is 1. The van der Waals surface area contributed by atoms with Gasteiger partial charge in [0.2, 0.25) is 5.91 Å². The molecule has 0 aromatic rings. The number of nitrogens with two attached hydrogens (primary N) is 1. The van der Waals surface area contributed by atoms with Crippen molar-refractivity contribution in [3.8, 4) is 0 Å². The highest BCUT2D eigenvalue weighted by molar-refractivity contribution is 5.83. The Bertz CT molecular complexity index is 237. The third-order valence-electron chi connectivity index (χ3n) is 2.63. The summed E-state index contributed by atoms with van der Waals surface area (Å²) >= 11 is 0. The van der Waals surface area contributed by atoms with Crippen molar-refractivity contribution in [2.45, 2.75) is 39.7 Å². The van der Waals surface area contributed by atoms with Crippen LogP contribution in [-0.4, -0.2) is 29.6 Å². The van der Waals surface area contributed by atoms with Crippen LogP contribution in [0.2, 0.25) is 0 Å². The van der Waals surface area contributed by atoms with E-state index in [1.165, 1.54) is 0 Å². The summed E-state index contributed by atoms with van der Waals surface area (Å²) < 4.78 is 0. The molecule has 0 fully saturated rings. The summed E-state index contributed by atoms with van der Waals surface area (Å²) in [5, 5.41) is 11.4. The van der Waals surface area contributed by atoms with Crippen LogP contribution in [0.25, 0.3) is 0 Å². The normalized spacial score (nSPS) is 14.6. The molecule has 0 aromatic carbocycles. The van der Waals surface area contributed by atoms with Crippen molar-refractivity contribution < 1.29 is 14.7 Å². The van der Waals surface area contributed by atoms with Gasteiger partial charge in [-0.3, -0.25) is 4.79 Å². The van der Waals surface area contributed by atoms with E-state index in [4.69, 9.17) is 10.8 Å². The highest BCUT2D eigenvalue weighted by Gasteiger charge is 2.24. The van der Waals surface area contributed by atoms with E-state index in [1.54, 1.807) is 13.8 Å². The summed E-state index contributed by atoms with van der Waals surface area (Å²) in [4.78, 5) is 22.4. The SMILES string of the molecule is CCC(CN)CC(=O)N[C@@H](C(=O)O)C(C)C.